The van der Waals surface area contributed by atoms with E-state index in [0.717, 1.165) is 19.3 Å². The van der Waals surface area contributed by atoms with Crippen molar-refractivity contribution in [2.75, 3.05) is 0 Å². The van der Waals surface area contributed by atoms with Crippen LogP contribution >= 0.6 is 0 Å². The summed E-state index contributed by atoms with van der Waals surface area (Å²) in [5.41, 5.74) is 14.3. The number of benzene rings is 3. The Bertz CT molecular complexity index is 1350. The van der Waals surface area contributed by atoms with Gasteiger partial charge in [-0.1, -0.05) is 109 Å². The molecule has 0 saturated heterocycles. The van der Waals surface area contributed by atoms with Crippen LogP contribution in [0.3, 0.4) is 0 Å². The second kappa shape index (κ2) is 8.44. The monoisotopic (exact) mass is 440 g/mol. The van der Waals surface area contributed by atoms with Gasteiger partial charge in [-0.25, -0.2) is 0 Å². The van der Waals surface area contributed by atoms with Crippen molar-refractivity contribution in [1.82, 2.24) is 0 Å². The van der Waals surface area contributed by atoms with Gasteiger partial charge >= 0.3 is 0 Å². The van der Waals surface area contributed by atoms with Gasteiger partial charge in [0.25, 0.3) is 0 Å². The molecule has 34 heavy (non-hydrogen) atoms. The highest BCUT2D eigenvalue weighted by Gasteiger charge is 2.38. The second-order valence-electron chi connectivity index (χ2n) is 10.3. The van der Waals surface area contributed by atoms with Crippen molar-refractivity contribution in [1.29, 1.82) is 0 Å². The van der Waals surface area contributed by atoms with E-state index in [1.165, 1.54) is 51.0 Å². The molecule has 0 fully saturated rings. The van der Waals surface area contributed by atoms with E-state index in [2.05, 4.69) is 98.4 Å². The van der Waals surface area contributed by atoms with Crippen LogP contribution in [0, 0.1) is 11.8 Å². The highest BCUT2D eigenvalue weighted by atomic mass is 14.4. The standard InChI is InChI=1S/C34H32/c1-22-19-27(24(3)30-15-10-9-14-28(22)30)20-23(2)29-17-18-32-31-16-8-7-13-26(31)21-33(32)34(29)25-11-5-4-6-12-25/h4-16,19,27,29,34H,2-3,17-18,20-21H2,1H3/t27?,29?,34-/m0/s1. The van der Waals surface area contributed by atoms with Gasteiger partial charge in [0, 0.05) is 11.8 Å². The molecule has 0 radical (unpaired) electrons. The van der Waals surface area contributed by atoms with Gasteiger partial charge in [0.2, 0.25) is 0 Å². The molecule has 3 aliphatic rings. The van der Waals surface area contributed by atoms with Crippen molar-refractivity contribution < 1.29 is 0 Å². The molecule has 3 aromatic carbocycles. The molecule has 3 aromatic rings. The fourth-order valence-corrected chi connectivity index (χ4v) is 6.70. The molecule has 2 unspecified atom stereocenters. The Hall–Kier alpha value is -3.38. The van der Waals surface area contributed by atoms with E-state index in [1.807, 2.05) is 0 Å². The van der Waals surface area contributed by atoms with Gasteiger partial charge in [-0.05, 0) is 83.1 Å². The minimum Gasteiger partial charge on any atom is -0.0995 e. The smallest absolute Gasteiger partial charge is 0.0123 e. The minimum absolute atomic E-state index is 0.329. The quantitative estimate of drug-likeness (QED) is 0.355. The van der Waals surface area contributed by atoms with E-state index in [9.17, 15) is 0 Å². The number of hydrogen-bond acceptors (Lipinski definition) is 0. The lowest BCUT2D eigenvalue weighted by Crippen LogP contribution is -2.23. The summed E-state index contributed by atoms with van der Waals surface area (Å²) in [6, 6.07) is 28.9. The molecule has 0 N–H and O–H groups in total. The summed E-state index contributed by atoms with van der Waals surface area (Å²) in [4.78, 5) is 0. The summed E-state index contributed by atoms with van der Waals surface area (Å²) in [6.07, 6.45) is 6.81. The average Bonchev–Trinajstić information content (AvgIpc) is 3.26. The van der Waals surface area contributed by atoms with Gasteiger partial charge in [-0.3, -0.25) is 0 Å². The van der Waals surface area contributed by atoms with Gasteiger partial charge in [0.05, 0.1) is 0 Å². The summed E-state index contributed by atoms with van der Waals surface area (Å²) in [6.45, 7) is 11.5. The molecule has 0 aromatic heterocycles. The highest BCUT2D eigenvalue weighted by Crippen LogP contribution is 2.53. The molecule has 0 heteroatoms. The maximum atomic E-state index is 4.73. The Morgan fingerprint density at radius 2 is 1.53 bits per heavy atom. The SMILES string of the molecule is C=C1c2ccccc2C(C)=CC1CC(=C)C1CCC2=C(Cc3ccccc32)[C@H]1c1ccccc1. The van der Waals surface area contributed by atoms with E-state index in [4.69, 9.17) is 6.58 Å². The first-order chi connectivity index (χ1) is 16.6. The molecule has 0 nitrogen and oxygen atoms in total. The zero-order valence-corrected chi connectivity index (χ0v) is 20.1. The van der Waals surface area contributed by atoms with Crippen molar-refractivity contribution in [2.45, 2.75) is 38.5 Å². The van der Waals surface area contributed by atoms with E-state index >= 15 is 0 Å². The van der Waals surface area contributed by atoms with Crippen LogP contribution in [0.2, 0.25) is 0 Å². The maximum Gasteiger partial charge on any atom is 0.0123 e. The van der Waals surface area contributed by atoms with E-state index in [-0.39, 0.29) is 0 Å². The van der Waals surface area contributed by atoms with Crippen molar-refractivity contribution in [2.24, 2.45) is 11.8 Å². The summed E-state index contributed by atoms with van der Waals surface area (Å²) >= 11 is 0. The molecule has 3 atom stereocenters. The summed E-state index contributed by atoms with van der Waals surface area (Å²) in [5, 5.41) is 0. The lowest BCUT2D eigenvalue weighted by atomic mass is 9.67. The number of fused-ring (bicyclic) bond motifs is 3. The molecule has 0 saturated carbocycles. The molecule has 6 rings (SSSR count). The third-order valence-electron chi connectivity index (χ3n) is 8.36. The molecular formula is C34H32. The third kappa shape index (κ3) is 3.44. The van der Waals surface area contributed by atoms with Crippen molar-refractivity contribution in [3.63, 3.8) is 0 Å². The van der Waals surface area contributed by atoms with Crippen LogP contribution < -0.4 is 0 Å². The van der Waals surface area contributed by atoms with Gasteiger partial charge < -0.3 is 0 Å². The summed E-state index contributed by atoms with van der Waals surface area (Å²) < 4.78 is 0. The zero-order chi connectivity index (χ0) is 23.2. The molecule has 0 bridgehead atoms. The lowest BCUT2D eigenvalue weighted by molar-refractivity contribution is 0.460. The molecule has 0 spiro atoms. The molecule has 0 aliphatic heterocycles. The maximum absolute atomic E-state index is 4.73. The zero-order valence-electron chi connectivity index (χ0n) is 20.1. The first-order valence-electron chi connectivity index (χ1n) is 12.6. The molecule has 0 amide bonds. The molecule has 3 aliphatic carbocycles. The molecular weight excluding hydrogens is 408 g/mol. The predicted molar refractivity (Wildman–Crippen MR) is 145 cm³/mol. The normalized spacial score (nSPS) is 23.1. The van der Waals surface area contributed by atoms with Crippen molar-refractivity contribution >= 4 is 16.7 Å². The van der Waals surface area contributed by atoms with E-state index in [1.54, 1.807) is 11.1 Å². The van der Waals surface area contributed by atoms with Gasteiger partial charge in [-0.2, -0.15) is 0 Å². The van der Waals surface area contributed by atoms with Crippen LogP contribution in [-0.2, 0) is 6.42 Å². The van der Waals surface area contributed by atoms with Crippen molar-refractivity contribution in [3.8, 4) is 0 Å². The Morgan fingerprint density at radius 3 is 2.32 bits per heavy atom. The Labute approximate surface area is 204 Å². The van der Waals surface area contributed by atoms with Gasteiger partial charge in [0.15, 0.2) is 0 Å². The highest BCUT2D eigenvalue weighted by molar-refractivity contribution is 5.85. The minimum atomic E-state index is 0.329. The number of allylic oxidation sites excluding steroid dienone is 6. The fraction of sp³-hybridized carbons (Fsp3) is 0.235. The average molecular weight is 441 g/mol. The Balaban J connectivity index is 1.33. The van der Waals surface area contributed by atoms with Gasteiger partial charge in [0.1, 0.15) is 0 Å². The van der Waals surface area contributed by atoms with Gasteiger partial charge in [-0.15, -0.1) is 0 Å². The first kappa shape index (κ1) is 21.2. The van der Waals surface area contributed by atoms with Crippen LogP contribution in [0.4, 0.5) is 0 Å². The Kier molecular flexibility index (Phi) is 5.26. The molecule has 0 heterocycles. The predicted octanol–water partition coefficient (Wildman–Crippen LogP) is 8.88. The topological polar surface area (TPSA) is 0 Å². The van der Waals surface area contributed by atoms with Crippen LogP contribution in [-0.4, -0.2) is 0 Å². The summed E-state index contributed by atoms with van der Waals surface area (Å²) in [5.74, 6) is 1.21. The van der Waals surface area contributed by atoms with Crippen LogP contribution in [0.15, 0.2) is 109 Å². The van der Waals surface area contributed by atoms with Crippen LogP contribution in [0.1, 0.15) is 59.9 Å². The lowest BCUT2D eigenvalue weighted by Gasteiger charge is -2.37. The third-order valence-corrected chi connectivity index (χ3v) is 8.36. The van der Waals surface area contributed by atoms with Crippen LogP contribution in [0.5, 0.6) is 0 Å². The number of hydrogen-bond donors (Lipinski definition) is 0. The summed E-state index contributed by atoms with van der Waals surface area (Å²) in [7, 11) is 0. The second-order valence-corrected chi connectivity index (χ2v) is 10.3. The van der Waals surface area contributed by atoms with Crippen LogP contribution in [0.25, 0.3) is 16.7 Å². The largest absolute Gasteiger partial charge is 0.0995 e. The van der Waals surface area contributed by atoms with E-state index in [0.29, 0.717) is 17.8 Å². The van der Waals surface area contributed by atoms with E-state index < -0.39 is 0 Å². The fourth-order valence-electron chi connectivity index (χ4n) is 6.70. The number of rotatable bonds is 4. The van der Waals surface area contributed by atoms with Crippen molar-refractivity contribution in [3.05, 3.63) is 137 Å². The Morgan fingerprint density at radius 1 is 0.853 bits per heavy atom. The first-order valence-corrected chi connectivity index (χ1v) is 12.6. The molecule has 168 valence electrons.